The van der Waals surface area contributed by atoms with Crippen molar-refractivity contribution >= 4 is 23.4 Å². The lowest BCUT2D eigenvalue weighted by molar-refractivity contribution is -0.153. The second-order valence-electron chi connectivity index (χ2n) is 7.02. The first-order chi connectivity index (χ1) is 12.3. The summed E-state index contributed by atoms with van der Waals surface area (Å²) in [6.07, 6.45) is 0. The first kappa shape index (κ1) is 17.7. The van der Waals surface area contributed by atoms with E-state index in [4.69, 9.17) is 10.5 Å². The fraction of sp³-hybridized carbons (Fsp3) is 0.353. The molecule has 0 aliphatic carbocycles. The van der Waals surface area contributed by atoms with Crippen molar-refractivity contribution in [3.8, 4) is 0 Å². The highest BCUT2D eigenvalue weighted by Crippen LogP contribution is 2.24. The summed E-state index contributed by atoms with van der Waals surface area (Å²) in [5.74, 6) is 0.00640. The second-order valence-corrected chi connectivity index (χ2v) is 7.02. The van der Waals surface area contributed by atoms with E-state index in [0.29, 0.717) is 12.4 Å². The molecule has 138 valence electrons. The summed E-state index contributed by atoms with van der Waals surface area (Å²) in [6.45, 7) is 5.49. The number of anilines is 3. The van der Waals surface area contributed by atoms with E-state index in [1.807, 2.05) is 30.3 Å². The molecule has 0 atom stereocenters. The van der Waals surface area contributed by atoms with Crippen LogP contribution in [0.25, 0.3) is 0 Å². The molecule has 1 aromatic carbocycles. The number of esters is 1. The predicted octanol–water partition coefficient (Wildman–Crippen LogP) is 1.07. The Morgan fingerprint density at radius 1 is 1.27 bits per heavy atom. The number of hydrogen-bond acceptors (Lipinski definition) is 8. The molecule has 0 spiro atoms. The highest BCUT2D eigenvalue weighted by atomic mass is 16.5. The molecular weight excluding hydrogens is 336 g/mol. The van der Waals surface area contributed by atoms with E-state index in [0.717, 1.165) is 5.56 Å². The molecule has 0 fully saturated rings. The van der Waals surface area contributed by atoms with Crippen molar-refractivity contribution in [1.29, 1.82) is 0 Å². The standard InChI is InChI=1S/C17H22N6O3/c1-17(2,3)15(25)26-10-23-13-12(20-21-23)14(24)22(16(18)19-13)9-11-7-5-4-6-8-11/h4-8,20-21H,9-10H2,1-3H3,(H2,18,19). The number of hydrazine groups is 2. The average Bonchev–Trinajstić information content (AvgIpc) is 2.99. The third-order valence-corrected chi connectivity index (χ3v) is 3.87. The number of nitrogens with zero attached hydrogens (tertiary/aromatic N) is 3. The van der Waals surface area contributed by atoms with E-state index in [9.17, 15) is 9.59 Å². The van der Waals surface area contributed by atoms with Gasteiger partial charge in [0, 0.05) is 0 Å². The number of nitrogens with two attached hydrogens (primary N) is 1. The summed E-state index contributed by atoms with van der Waals surface area (Å²) in [5, 5.41) is 1.42. The van der Waals surface area contributed by atoms with Gasteiger partial charge in [-0.1, -0.05) is 30.3 Å². The maximum atomic E-state index is 12.7. The third-order valence-electron chi connectivity index (χ3n) is 3.87. The number of carbonyl (C=O) groups is 1. The highest BCUT2D eigenvalue weighted by molar-refractivity contribution is 5.76. The van der Waals surface area contributed by atoms with E-state index in [1.54, 1.807) is 20.8 Å². The molecule has 0 unspecified atom stereocenters. The van der Waals surface area contributed by atoms with Crippen LogP contribution >= 0.6 is 0 Å². The Hall–Kier alpha value is -3.07. The van der Waals surface area contributed by atoms with Gasteiger partial charge in [-0.05, 0) is 26.3 Å². The van der Waals surface area contributed by atoms with Crippen LogP contribution in [-0.2, 0) is 16.1 Å². The predicted molar refractivity (Wildman–Crippen MR) is 98.1 cm³/mol. The molecule has 0 radical (unpaired) electrons. The van der Waals surface area contributed by atoms with E-state index in [1.165, 1.54) is 9.58 Å². The Bertz CT molecular complexity index is 873. The van der Waals surface area contributed by atoms with Gasteiger partial charge in [0.25, 0.3) is 5.56 Å². The molecule has 4 N–H and O–H groups in total. The quantitative estimate of drug-likeness (QED) is 0.696. The maximum absolute atomic E-state index is 12.7. The van der Waals surface area contributed by atoms with E-state index < -0.39 is 5.41 Å². The Morgan fingerprint density at radius 2 is 1.96 bits per heavy atom. The van der Waals surface area contributed by atoms with E-state index in [2.05, 4.69) is 15.9 Å². The lowest BCUT2D eigenvalue weighted by atomic mass is 9.98. The first-order valence-corrected chi connectivity index (χ1v) is 8.18. The van der Waals surface area contributed by atoms with Gasteiger partial charge in [0.1, 0.15) is 0 Å². The highest BCUT2D eigenvalue weighted by Gasteiger charge is 2.29. The maximum Gasteiger partial charge on any atom is 0.312 e. The summed E-state index contributed by atoms with van der Waals surface area (Å²) >= 11 is 0. The summed E-state index contributed by atoms with van der Waals surface area (Å²) in [5.41, 5.74) is 11.8. The van der Waals surface area contributed by atoms with Crippen molar-refractivity contribution in [3.05, 3.63) is 46.2 Å². The molecule has 26 heavy (non-hydrogen) atoms. The van der Waals surface area contributed by atoms with Gasteiger partial charge in [-0.15, -0.1) is 5.53 Å². The molecule has 0 bridgehead atoms. The van der Waals surface area contributed by atoms with Crippen LogP contribution in [0, 0.1) is 5.41 Å². The minimum Gasteiger partial charge on any atom is -0.442 e. The summed E-state index contributed by atoms with van der Waals surface area (Å²) in [6, 6.07) is 9.50. The van der Waals surface area contributed by atoms with Gasteiger partial charge in [-0.2, -0.15) is 4.98 Å². The molecule has 1 aliphatic rings. The Balaban J connectivity index is 1.82. The Kier molecular flexibility index (Phi) is 4.56. The number of rotatable bonds is 4. The van der Waals surface area contributed by atoms with Crippen LogP contribution in [-0.4, -0.2) is 22.3 Å². The minimum atomic E-state index is -0.623. The fourth-order valence-electron chi connectivity index (χ4n) is 2.39. The van der Waals surface area contributed by atoms with Crippen molar-refractivity contribution in [2.24, 2.45) is 5.41 Å². The van der Waals surface area contributed by atoms with Gasteiger partial charge >= 0.3 is 5.97 Å². The van der Waals surface area contributed by atoms with Gasteiger partial charge in [-0.25, -0.2) is 5.01 Å². The molecular formula is C17H22N6O3. The largest absolute Gasteiger partial charge is 0.442 e. The molecule has 0 saturated heterocycles. The smallest absolute Gasteiger partial charge is 0.312 e. The minimum absolute atomic E-state index is 0.0789. The second kappa shape index (κ2) is 6.68. The zero-order chi connectivity index (χ0) is 18.9. The number of nitrogen functional groups attached to an aromatic ring is 1. The van der Waals surface area contributed by atoms with Gasteiger partial charge < -0.3 is 10.5 Å². The zero-order valence-electron chi connectivity index (χ0n) is 14.9. The van der Waals surface area contributed by atoms with Gasteiger partial charge in [-0.3, -0.25) is 19.6 Å². The molecule has 9 heteroatoms. The average molecular weight is 358 g/mol. The molecule has 0 saturated carbocycles. The number of hydrogen-bond donors (Lipinski definition) is 3. The molecule has 3 rings (SSSR count). The van der Waals surface area contributed by atoms with Gasteiger partial charge in [0.2, 0.25) is 5.95 Å². The van der Waals surface area contributed by atoms with Crippen LogP contribution in [0.15, 0.2) is 35.1 Å². The van der Waals surface area contributed by atoms with Gasteiger partial charge in [0.05, 0.1) is 12.0 Å². The lowest BCUT2D eigenvalue weighted by Gasteiger charge is -2.21. The van der Waals surface area contributed by atoms with E-state index in [-0.39, 0.29) is 29.9 Å². The van der Waals surface area contributed by atoms with Crippen LogP contribution in [0.2, 0.25) is 0 Å². The number of fused-ring (bicyclic) bond motifs is 1. The first-order valence-electron chi connectivity index (χ1n) is 8.18. The van der Waals surface area contributed by atoms with Crippen molar-refractivity contribution in [2.45, 2.75) is 27.3 Å². The normalized spacial score (nSPS) is 13.3. The summed E-state index contributed by atoms with van der Waals surface area (Å²) in [7, 11) is 0. The molecule has 9 nitrogen and oxygen atoms in total. The fourth-order valence-corrected chi connectivity index (χ4v) is 2.39. The number of carbonyl (C=O) groups excluding carboxylic acids is 1. The molecule has 2 aromatic rings. The molecule has 2 heterocycles. The van der Waals surface area contributed by atoms with Crippen molar-refractivity contribution in [1.82, 2.24) is 15.1 Å². The number of aromatic nitrogens is 2. The number of ether oxygens (including phenoxy) is 1. The van der Waals surface area contributed by atoms with Crippen LogP contribution in [0.4, 0.5) is 17.5 Å². The third kappa shape index (κ3) is 3.47. The Labute approximate surface area is 150 Å². The van der Waals surface area contributed by atoms with Crippen molar-refractivity contribution in [3.63, 3.8) is 0 Å². The van der Waals surface area contributed by atoms with Crippen molar-refractivity contribution < 1.29 is 9.53 Å². The monoisotopic (exact) mass is 358 g/mol. The molecule has 1 aromatic heterocycles. The number of nitrogens with one attached hydrogen (secondary N) is 2. The summed E-state index contributed by atoms with van der Waals surface area (Å²) < 4.78 is 6.63. The summed E-state index contributed by atoms with van der Waals surface area (Å²) in [4.78, 5) is 28.9. The SMILES string of the molecule is CC(C)(C)C(=O)OCN1NNc2c1nc(N)n(Cc1ccccc1)c2=O. The van der Waals surface area contributed by atoms with Crippen LogP contribution < -0.4 is 27.3 Å². The molecule has 1 aliphatic heterocycles. The molecule has 0 amide bonds. The zero-order valence-corrected chi connectivity index (χ0v) is 14.9. The van der Waals surface area contributed by atoms with E-state index >= 15 is 0 Å². The number of benzene rings is 1. The van der Waals surface area contributed by atoms with Gasteiger partial charge in [0.15, 0.2) is 18.2 Å². The lowest BCUT2D eigenvalue weighted by Crippen LogP contribution is -2.40. The topological polar surface area (TPSA) is 115 Å². The van der Waals surface area contributed by atoms with Crippen molar-refractivity contribution in [2.75, 3.05) is 22.9 Å². The van der Waals surface area contributed by atoms with Crippen LogP contribution in [0.1, 0.15) is 26.3 Å². The Morgan fingerprint density at radius 3 is 2.62 bits per heavy atom. The van der Waals surface area contributed by atoms with Crippen LogP contribution in [0.5, 0.6) is 0 Å². The van der Waals surface area contributed by atoms with Crippen LogP contribution in [0.3, 0.4) is 0 Å².